The van der Waals surface area contributed by atoms with Gasteiger partial charge in [0.05, 0.1) is 19.8 Å². The number of morpholine rings is 1. The van der Waals surface area contributed by atoms with Crippen molar-refractivity contribution < 1.29 is 14.1 Å². The third kappa shape index (κ3) is 3.63. The summed E-state index contributed by atoms with van der Waals surface area (Å²) in [5.74, 6) is 0.869. The number of carbonyl (C=O) groups is 1. The van der Waals surface area contributed by atoms with E-state index in [-0.39, 0.29) is 12.6 Å². The molecule has 1 aromatic carbocycles. The first-order valence-electron chi connectivity index (χ1n) is 6.91. The molecule has 0 spiro atoms. The molecular weight excluding hydrogens is 352 g/mol. The van der Waals surface area contributed by atoms with E-state index in [1.807, 2.05) is 24.3 Å². The monoisotopic (exact) mass is 366 g/mol. The van der Waals surface area contributed by atoms with Crippen LogP contribution in [0, 0.1) is 0 Å². The number of rotatable bonds is 3. The van der Waals surface area contributed by atoms with Crippen molar-refractivity contribution in [2.24, 2.45) is 0 Å². The summed E-state index contributed by atoms with van der Waals surface area (Å²) in [6.07, 6.45) is 0. The standard InChI is InChI=1S/C14H15BrN4O3/c15-11-3-1-2-10(8-11)13-17-12(18-22-13)9-16-14(20)19-4-6-21-7-5-19/h1-3,8H,4-7,9H2,(H,16,20). The number of hydrogen-bond acceptors (Lipinski definition) is 5. The Bertz CT molecular complexity index is 655. The topological polar surface area (TPSA) is 80.5 Å². The normalized spacial score (nSPS) is 14.9. The molecule has 0 unspecified atom stereocenters. The number of hydrogen-bond donors (Lipinski definition) is 1. The van der Waals surface area contributed by atoms with E-state index in [9.17, 15) is 4.79 Å². The zero-order valence-corrected chi connectivity index (χ0v) is 13.4. The average molecular weight is 367 g/mol. The molecule has 22 heavy (non-hydrogen) atoms. The molecule has 1 aromatic heterocycles. The van der Waals surface area contributed by atoms with Crippen LogP contribution in [0.4, 0.5) is 4.79 Å². The second-order valence-corrected chi connectivity index (χ2v) is 5.70. The summed E-state index contributed by atoms with van der Waals surface area (Å²) in [6.45, 7) is 2.57. The Kier molecular flexibility index (Phi) is 4.69. The van der Waals surface area contributed by atoms with E-state index in [1.54, 1.807) is 4.90 Å². The predicted molar refractivity (Wildman–Crippen MR) is 82.1 cm³/mol. The molecule has 2 heterocycles. The fraction of sp³-hybridized carbons (Fsp3) is 0.357. The summed E-state index contributed by atoms with van der Waals surface area (Å²) >= 11 is 3.40. The van der Waals surface area contributed by atoms with E-state index < -0.39 is 0 Å². The van der Waals surface area contributed by atoms with Crippen molar-refractivity contribution in [3.8, 4) is 11.5 Å². The molecule has 1 saturated heterocycles. The number of benzene rings is 1. The number of carbonyl (C=O) groups excluding carboxylic acids is 1. The Morgan fingerprint density at radius 2 is 2.18 bits per heavy atom. The number of ether oxygens (including phenoxy) is 1. The fourth-order valence-electron chi connectivity index (χ4n) is 2.10. The predicted octanol–water partition coefficient (Wildman–Crippen LogP) is 2.04. The maximum Gasteiger partial charge on any atom is 0.317 e. The third-order valence-electron chi connectivity index (χ3n) is 3.24. The Hall–Kier alpha value is -1.93. The van der Waals surface area contributed by atoms with Gasteiger partial charge in [-0.1, -0.05) is 27.2 Å². The molecule has 1 aliphatic rings. The molecule has 1 N–H and O–H groups in total. The minimum Gasteiger partial charge on any atom is -0.378 e. The Morgan fingerprint density at radius 3 is 2.95 bits per heavy atom. The van der Waals surface area contributed by atoms with Crippen molar-refractivity contribution in [2.75, 3.05) is 26.3 Å². The zero-order chi connectivity index (χ0) is 15.4. The first kappa shape index (κ1) is 15.0. The number of aromatic nitrogens is 2. The van der Waals surface area contributed by atoms with E-state index in [0.29, 0.717) is 38.0 Å². The van der Waals surface area contributed by atoms with Gasteiger partial charge in [0.2, 0.25) is 0 Å². The summed E-state index contributed by atoms with van der Waals surface area (Å²) in [6, 6.07) is 7.45. The minimum absolute atomic E-state index is 0.142. The molecule has 1 aliphatic heterocycles. The van der Waals surface area contributed by atoms with Crippen LogP contribution in [0.2, 0.25) is 0 Å². The van der Waals surface area contributed by atoms with Crippen LogP contribution in [0.1, 0.15) is 5.82 Å². The van der Waals surface area contributed by atoms with E-state index >= 15 is 0 Å². The second kappa shape index (κ2) is 6.89. The molecule has 0 radical (unpaired) electrons. The van der Waals surface area contributed by atoms with Crippen LogP contribution in [0.3, 0.4) is 0 Å². The molecule has 2 aromatic rings. The van der Waals surface area contributed by atoms with Gasteiger partial charge in [-0.05, 0) is 18.2 Å². The van der Waals surface area contributed by atoms with Crippen molar-refractivity contribution in [3.05, 3.63) is 34.6 Å². The Labute approximate surface area is 135 Å². The van der Waals surface area contributed by atoms with E-state index in [2.05, 4.69) is 31.4 Å². The van der Waals surface area contributed by atoms with Crippen LogP contribution in [0.25, 0.3) is 11.5 Å². The molecular formula is C14H15BrN4O3. The van der Waals surface area contributed by atoms with Gasteiger partial charge in [0.15, 0.2) is 5.82 Å². The van der Waals surface area contributed by atoms with E-state index in [4.69, 9.17) is 9.26 Å². The fourth-order valence-corrected chi connectivity index (χ4v) is 2.50. The second-order valence-electron chi connectivity index (χ2n) is 4.78. The van der Waals surface area contributed by atoms with Gasteiger partial charge in [0.25, 0.3) is 5.89 Å². The zero-order valence-electron chi connectivity index (χ0n) is 11.8. The first-order chi connectivity index (χ1) is 10.7. The van der Waals surface area contributed by atoms with Crippen LogP contribution in [-0.4, -0.2) is 47.4 Å². The summed E-state index contributed by atoms with van der Waals surface area (Å²) in [5, 5.41) is 6.66. The van der Waals surface area contributed by atoms with Crippen LogP contribution in [0.15, 0.2) is 33.3 Å². The minimum atomic E-state index is -0.142. The third-order valence-corrected chi connectivity index (χ3v) is 3.73. The number of nitrogens with zero attached hydrogens (tertiary/aromatic N) is 3. The average Bonchev–Trinajstić information content (AvgIpc) is 3.02. The highest BCUT2D eigenvalue weighted by molar-refractivity contribution is 9.10. The van der Waals surface area contributed by atoms with Crippen molar-refractivity contribution in [2.45, 2.75) is 6.54 Å². The van der Waals surface area contributed by atoms with E-state index in [0.717, 1.165) is 10.0 Å². The van der Waals surface area contributed by atoms with Crippen molar-refractivity contribution in [1.29, 1.82) is 0 Å². The number of nitrogens with one attached hydrogen (secondary N) is 1. The lowest BCUT2D eigenvalue weighted by atomic mass is 10.2. The number of halogens is 1. The lowest BCUT2D eigenvalue weighted by Gasteiger charge is -2.26. The molecule has 1 fully saturated rings. The van der Waals surface area contributed by atoms with Crippen LogP contribution < -0.4 is 5.32 Å². The van der Waals surface area contributed by atoms with Gasteiger partial charge in [-0.2, -0.15) is 4.98 Å². The van der Waals surface area contributed by atoms with Gasteiger partial charge in [0.1, 0.15) is 0 Å². The molecule has 3 rings (SSSR count). The van der Waals surface area contributed by atoms with Crippen LogP contribution in [-0.2, 0) is 11.3 Å². The van der Waals surface area contributed by atoms with Gasteiger partial charge in [-0.15, -0.1) is 0 Å². The largest absolute Gasteiger partial charge is 0.378 e. The molecule has 116 valence electrons. The molecule has 8 heteroatoms. The van der Waals surface area contributed by atoms with Gasteiger partial charge in [0, 0.05) is 23.1 Å². The summed E-state index contributed by atoms with van der Waals surface area (Å²) in [4.78, 5) is 17.9. The van der Waals surface area contributed by atoms with Crippen molar-refractivity contribution >= 4 is 22.0 Å². The molecule has 0 aliphatic carbocycles. The van der Waals surface area contributed by atoms with E-state index in [1.165, 1.54) is 0 Å². The maximum absolute atomic E-state index is 12.0. The maximum atomic E-state index is 12.0. The Morgan fingerprint density at radius 1 is 1.36 bits per heavy atom. The smallest absolute Gasteiger partial charge is 0.317 e. The highest BCUT2D eigenvalue weighted by atomic mass is 79.9. The van der Waals surface area contributed by atoms with Crippen LogP contribution >= 0.6 is 15.9 Å². The highest BCUT2D eigenvalue weighted by Gasteiger charge is 2.17. The van der Waals surface area contributed by atoms with Crippen LogP contribution in [0.5, 0.6) is 0 Å². The van der Waals surface area contributed by atoms with Gasteiger partial charge >= 0.3 is 6.03 Å². The summed E-state index contributed by atoms with van der Waals surface area (Å²) in [5.41, 5.74) is 0.827. The number of urea groups is 1. The van der Waals surface area contributed by atoms with Crippen molar-refractivity contribution in [1.82, 2.24) is 20.4 Å². The summed E-state index contributed by atoms with van der Waals surface area (Å²) in [7, 11) is 0. The molecule has 0 bridgehead atoms. The lowest BCUT2D eigenvalue weighted by molar-refractivity contribution is 0.0531. The molecule has 2 amide bonds. The van der Waals surface area contributed by atoms with Crippen molar-refractivity contribution in [3.63, 3.8) is 0 Å². The SMILES string of the molecule is O=C(NCc1noc(-c2cccc(Br)c2)n1)N1CCOCC1. The highest BCUT2D eigenvalue weighted by Crippen LogP contribution is 2.21. The molecule has 7 nitrogen and oxygen atoms in total. The summed E-state index contributed by atoms with van der Waals surface area (Å²) < 4.78 is 11.4. The van der Waals surface area contributed by atoms with Gasteiger partial charge in [-0.25, -0.2) is 4.79 Å². The molecule has 0 saturated carbocycles. The van der Waals surface area contributed by atoms with Gasteiger partial charge < -0.3 is 19.5 Å². The van der Waals surface area contributed by atoms with Gasteiger partial charge in [-0.3, -0.25) is 0 Å². The number of amides is 2. The molecule has 0 atom stereocenters. The lowest BCUT2D eigenvalue weighted by Crippen LogP contribution is -2.46. The Balaban J connectivity index is 1.59. The quantitative estimate of drug-likeness (QED) is 0.898. The first-order valence-corrected chi connectivity index (χ1v) is 7.71.